The van der Waals surface area contributed by atoms with Crippen LogP contribution in [0.5, 0.6) is 0 Å². The monoisotopic (exact) mass is 296 g/mol. The van der Waals surface area contributed by atoms with Crippen LogP contribution in [-0.2, 0) is 0 Å². The lowest BCUT2D eigenvalue weighted by molar-refractivity contribution is -0.0407. The Morgan fingerprint density at radius 1 is 1.05 bits per heavy atom. The number of aliphatic hydroxyl groups is 2. The molecule has 0 aliphatic heterocycles. The van der Waals surface area contributed by atoms with E-state index in [0.29, 0.717) is 11.3 Å². The summed E-state index contributed by atoms with van der Waals surface area (Å²) in [5.74, 6) is 1.41. The van der Waals surface area contributed by atoms with Gasteiger partial charge in [0.25, 0.3) is 0 Å². The molecule has 4 atom stereocenters. The molecule has 0 unspecified atom stereocenters. The quantitative estimate of drug-likeness (QED) is 0.670. The molecule has 2 aliphatic rings. The highest BCUT2D eigenvalue weighted by atomic mass is 16.3. The van der Waals surface area contributed by atoms with Crippen LogP contribution in [-0.4, -0.2) is 21.9 Å². The lowest BCUT2D eigenvalue weighted by atomic mass is 9.60. The maximum atomic E-state index is 10.3. The van der Waals surface area contributed by atoms with Crippen LogP contribution in [0.25, 0.3) is 0 Å². The summed E-state index contributed by atoms with van der Waals surface area (Å²) in [6.07, 6.45) is 13.4. The van der Waals surface area contributed by atoms with Crippen molar-refractivity contribution >= 4 is 0 Å². The molecule has 0 aromatic heterocycles. The van der Waals surface area contributed by atoms with Gasteiger partial charge in [-0.15, -0.1) is 0 Å². The highest BCUT2D eigenvalue weighted by molar-refractivity contribution is 4.99. The lowest BCUT2D eigenvalue weighted by Gasteiger charge is -2.46. The van der Waals surface area contributed by atoms with E-state index >= 15 is 0 Å². The molecule has 2 heteroatoms. The molecule has 2 fully saturated rings. The van der Waals surface area contributed by atoms with E-state index in [-0.39, 0.29) is 6.10 Å². The molecule has 0 amide bonds. The zero-order valence-corrected chi connectivity index (χ0v) is 14.4. The second-order valence-corrected chi connectivity index (χ2v) is 8.61. The van der Waals surface area contributed by atoms with Gasteiger partial charge in [0, 0.05) is 0 Å². The van der Waals surface area contributed by atoms with Crippen molar-refractivity contribution in [3.8, 4) is 0 Å². The highest BCUT2D eigenvalue weighted by Crippen LogP contribution is 2.56. The summed E-state index contributed by atoms with van der Waals surface area (Å²) in [6, 6.07) is 0. The summed E-state index contributed by atoms with van der Waals surface area (Å²) >= 11 is 0. The van der Waals surface area contributed by atoms with Gasteiger partial charge in [0.2, 0.25) is 0 Å². The molecule has 21 heavy (non-hydrogen) atoms. The summed E-state index contributed by atoms with van der Waals surface area (Å²) in [7, 11) is 0. The van der Waals surface area contributed by atoms with Crippen molar-refractivity contribution in [2.75, 3.05) is 0 Å². The molecule has 2 saturated carbocycles. The average molecular weight is 296 g/mol. The molecular weight excluding hydrogens is 260 g/mol. The number of unbranched alkanes of at least 4 members (excludes halogenated alkanes) is 3. The Morgan fingerprint density at radius 2 is 1.76 bits per heavy atom. The molecule has 0 spiro atoms. The standard InChI is InChI=1S/C19H36O2/c1-18(2,21)13-7-5-4-6-9-15-11-12-17(20)16-10-8-14-19(15,16)3/h15-17,20-21H,4-14H2,1-3H3/t15-,16+,17+,19+/m1/s1. The Labute approximate surface area is 131 Å². The summed E-state index contributed by atoms with van der Waals surface area (Å²) in [6.45, 7) is 6.26. The second-order valence-electron chi connectivity index (χ2n) is 8.61. The summed E-state index contributed by atoms with van der Waals surface area (Å²) < 4.78 is 0. The summed E-state index contributed by atoms with van der Waals surface area (Å²) in [5, 5.41) is 20.0. The second kappa shape index (κ2) is 7.00. The van der Waals surface area contributed by atoms with Crippen molar-refractivity contribution in [1.82, 2.24) is 0 Å². The largest absolute Gasteiger partial charge is 0.393 e. The first-order chi connectivity index (χ1) is 9.83. The van der Waals surface area contributed by atoms with Crippen LogP contribution >= 0.6 is 0 Å². The minimum Gasteiger partial charge on any atom is -0.393 e. The van der Waals surface area contributed by atoms with Crippen molar-refractivity contribution in [1.29, 1.82) is 0 Å². The Kier molecular flexibility index (Phi) is 5.76. The summed E-state index contributed by atoms with van der Waals surface area (Å²) in [5.41, 5.74) is -0.0746. The molecule has 0 heterocycles. The van der Waals surface area contributed by atoms with E-state index < -0.39 is 5.60 Å². The zero-order chi connectivity index (χ0) is 15.5. The van der Waals surface area contributed by atoms with Crippen molar-refractivity contribution in [3.63, 3.8) is 0 Å². The van der Waals surface area contributed by atoms with E-state index in [4.69, 9.17) is 0 Å². The third-order valence-electron chi connectivity index (χ3n) is 6.38. The van der Waals surface area contributed by atoms with Crippen molar-refractivity contribution < 1.29 is 10.2 Å². The van der Waals surface area contributed by atoms with Gasteiger partial charge in [-0.1, -0.05) is 39.0 Å². The number of rotatable bonds is 7. The minimum absolute atomic E-state index is 0.0273. The number of fused-ring (bicyclic) bond motifs is 1. The van der Waals surface area contributed by atoms with Gasteiger partial charge in [-0.2, -0.15) is 0 Å². The molecule has 2 aliphatic carbocycles. The Balaban J connectivity index is 1.69. The maximum absolute atomic E-state index is 10.3. The van der Waals surface area contributed by atoms with Crippen LogP contribution in [0, 0.1) is 17.3 Å². The van der Waals surface area contributed by atoms with Crippen molar-refractivity contribution in [2.24, 2.45) is 17.3 Å². The first kappa shape index (κ1) is 17.3. The lowest BCUT2D eigenvalue weighted by Crippen LogP contribution is -2.42. The predicted octanol–water partition coefficient (Wildman–Crippen LogP) is 4.68. The Hall–Kier alpha value is -0.0800. The summed E-state index contributed by atoms with van der Waals surface area (Å²) in [4.78, 5) is 0. The van der Waals surface area contributed by atoms with Crippen LogP contribution in [0.1, 0.15) is 91.4 Å². The van der Waals surface area contributed by atoms with Crippen LogP contribution < -0.4 is 0 Å². The Bertz CT molecular complexity index is 320. The van der Waals surface area contributed by atoms with Crippen molar-refractivity contribution in [3.05, 3.63) is 0 Å². The number of hydrogen-bond acceptors (Lipinski definition) is 2. The van der Waals surface area contributed by atoms with Gasteiger partial charge in [-0.05, 0) is 69.6 Å². The maximum Gasteiger partial charge on any atom is 0.0591 e. The van der Waals surface area contributed by atoms with Crippen LogP contribution in [0.2, 0.25) is 0 Å². The molecular formula is C19H36O2. The van der Waals surface area contributed by atoms with Crippen molar-refractivity contribution in [2.45, 2.75) is 103 Å². The van der Waals surface area contributed by atoms with E-state index in [1.807, 2.05) is 13.8 Å². The zero-order valence-electron chi connectivity index (χ0n) is 14.4. The average Bonchev–Trinajstić information content (AvgIpc) is 2.78. The molecule has 0 bridgehead atoms. The molecule has 124 valence electrons. The molecule has 0 saturated heterocycles. The first-order valence-corrected chi connectivity index (χ1v) is 9.23. The number of hydrogen-bond donors (Lipinski definition) is 2. The molecule has 2 nitrogen and oxygen atoms in total. The third-order valence-corrected chi connectivity index (χ3v) is 6.38. The molecule has 0 aromatic carbocycles. The first-order valence-electron chi connectivity index (χ1n) is 9.23. The van der Waals surface area contributed by atoms with E-state index in [9.17, 15) is 10.2 Å². The van der Waals surface area contributed by atoms with E-state index in [1.165, 1.54) is 51.4 Å². The Morgan fingerprint density at radius 3 is 2.48 bits per heavy atom. The van der Waals surface area contributed by atoms with Crippen LogP contribution in [0.15, 0.2) is 0 Å². The predicted molar refractivity (Wildman–Crippen MR) is 88.2 cm³/mol. The van der Waals surface area contributed by atoms with E-state index in [2.05, 4.69) is 6.92 Å². The molecule has 0 radical (unpaired) electrons. The minimum atomic E-state index is -0.496. The van der Waals surface area contributed by atoms with Gasteiger partial charge in [-0.3, -0.25) is 0 Å². The van der Waals surface area contributed by atoms with Gasteiger partial charge in [0.15, 0.2) is 0 Å². The van der Waals surface area contributed by atoms with Gasteiger partial charge in [0.05, 0.1) is 11.7 Å². The van der Waals surface area contributed by atoms with Crippen LogP contribution in [0.3, 0.4) is 0 Å². The van der Waals surface area contributed by atoms with Gasteiger partial charge in [-0.25, -0.2) is 0 Å². The number of aliphatic hydroxyl groups excluding tert-OH is 1. The topological polar surface area (TPSA) is 40.5 Å². The van der Waals surface area contributed by atoms with Crippen LogP contribution in [0.4, 0.5) is 0 Å². The van der Waals surface area contributed by atoms with Gasteiger partial charge >= 0.3 is 0 Å². The normalized spacial score (nSPS) is 36.7. The third kappa shape index (κ3) is 4.45. The molecule has 2 rings (SSSR count). The van der Waals surface area contributed by atoms with Gasteiger partial charge < -0.3 is 10.2 Å². The fourth-order valence-electron chi connectivity index (χ4n) is 5.04. The SMILES string of the molecule is CC(C)(O)CCCCCC[C@@H]1CC[C@H](O)[C@@H]2CCC[C@@]12C. The molecule has 2 N–H and O–H groups in total. The van der Waals surface area contributed by atoms with E-state index in [1.54, 1.807) is 0 Å². The fourth-order valence-corrected chi connectivity index (χ4v) is 5.04. The van der Waals surface area contributed by atoms with Gasteiger partial charge in [0.1, 0.15) is 0 Å². The fraction of sp³-hybridized carbons (Fsp3) is 1.00. The van der Waals surface area contributed by atoms with E-state index in [0.717, 1.165) is 25.2 Å². The molecule has 0 aromatic rings. The smallest absolute Gasteiger partial charge is 0.0591 e. The highest BCUT2D eigenvalue weighted by Gasteiger charge is 2.49.